The summed E-state index contributed by atoms with van der Waals surface area (Å²) in [4.78, 5) is 27.6. The molecule has 0 bridgehead atoms. The molecule has 0 aliphatic carbocycles. The van der Waals surface area contributed by atoms with E-state index < -0.39 is 10.8 Å². The molecule has 2 aliphatic heterocycles. The average Bonchev–Trinajstić information content (AvgIpc) is 3.73. The van der Waals surface area contributed by atoms with Gasteiger partial charge in [-0.05, 0) is 54.1 Å². The molecular weight excluding hydrogens is 621 g/mol. The van der Waals surface area contributed by atoms with Gasteiger partial charge in [0.1, 0.15) is 5.41 Å². The van der Waals surface area contributed by atoms with E-state index in [4.69, 9.17) is 11.5 Å². The normalized spacial score (nSPS) is 18.5. The van der Waals surface area contributed by atoms with Crippen molar-refractivity contribution in [2.45, 2.75) is 23.7 Å². The van der Waals surface area contributed by atoms with Crippen LogP contribution in [0.1, 0.15) is 35.1 Å². The number of hydrogen-bond acceptors (Lipinski definition) is 3. The van der Waals surface area contributed by atoms with E-state index in [0.29, 0.717) is 6.54 Å². The molecule has 4 N–H and O–H groups in total. The van der Waals surface area contributed by atoms with E-state index in [1.54, 1.807) is 0 Å². The van der Waals surface area contributed by atoms with E-state index in [0.717, 1.165) is 54.7 Å². The fourth-order valence-corrected chi connectivity index (χ4v) is 7.28. The van der Waals surface area contributed by atoms with Crippen LogP contribution < -0.4 is 11.5 Å². The monoisotopic (exact) mass is 662 g/mol. The number of carbonyl (C=O) groups is 2. The first-order chi connectivity index (χ1) is 20.9. The number of carbonyl (C=O) groups excluding carboxylic acids is 2. The van der Waals surface area contributed by atoms with Crippen LogP contribution in [0, 0.1) is 11.8 Å². The van der Waals surface area contributed by atoms with Gasteiger partial charge in [0.15, 0.2) is 0 Å². The topological polar surface area (TPSA) is 104 Å². The van der Waals surface area contributed by atoms with Gasteiger partial charge in [0.2, 0.25) is 11.8 Å². The summed E-state index contributed by atoms with van der Waals surface area (Å²) in [6.07, 6.45) is 1.87. The summed E-state index contributed by atoms with van der Waals surface area (Å²) in [7, 11) is 2.10. The zero-order valence-corrected chi connectivity index (χ0v) is 28.2. The number of likely N-dealkylation sites (tertiary alicyclic amines) is 1. The predicted molar refractivity (Wildman–Crippen MR) is 173 cm³/mol. The van der Waals surface area contributed by atoms with Gasteiger partial charge in [-0.25, -0.2) is 0 Å². The van der Waals surface area contributed by atoms with Crippen LogP contribution in [-0.4, -0.2) is 49.9 Å². The Kier molecular flexibility index (Phi) is 11.7. The van der Waals surface area contributed by atoms with Gasteiger partial charge in [-0.1, -0.05) is 128 Å². The van der Waals surface area contributed by atoms with Crippen molar-refractivity contribution < 1.29 is 42.3 Å². The van der Waals surface area contributed by atoms with Crippen LogP contribution >= 0.6 is 0 Å². The molecule has 2 saturated heterocycles. The standard InChI is InChI=1S/C19H22N2O.C18H19N2O.Y/c1-21-13-12-17(14-21)19(18(20)22,15-8-4-2-5-9-15)16-10-6-3-7-11-16;19-17(21)18(16-11-12-20-13-16,14-7-3-1-4-8-14)15-9-5-2-6-10-15;/h2-11,17H,12-14H2,1H3,(H2,20,22);1-10,16H,11-13H2,(H2,19,21);/q;-1;/t17-;16-;/m01./s1. The van der Waals surface area contributed by atoms with Crippen LogP contribution in [0.5, 0.6) is 0 Å². The van der Waals surface area contributed by atoms with Gasteiger partial charge in [0, 0.05) is 39.3 Å². The third-order valence-corrected chi connectivity index (χ3v) is 9.30. The van der Waals surface area contributed by atoms with E-state index in [1.165, 1.54) is 0 Å². The number of benzene rings is 4. The summed E-state index contributed by atoms with van der Waals surface area (Å²) in [5.74, 6) is -0.230. The average molecular weight is 663 g/mol. The van der Waals surface area contributed by atoms with Crippen molar-refractivity contribution in [2.24, 2.45) is 23.3 Å². The van der Waals surface area contributed by atoms with Gasteiger partial charge in [-0.3, -0.25) is 9.59 Å². The molecule has 0 unspecified atom stereocenters. The van der Waals surface area contributed by atoms with Crippen molar-refractivity contribution in [2.75, 3.05) is 33.2 Å². The second-order valence-electron chi connectivity index (χ2n) is 11.7. The number of primary amides is 2. The molecular formula is C37H41N4O2Y-. The number of rotatable bonds is 8. The first-order valence-corrected chi connectivity index (χ1v) is 15.1. The Labute approximate surface area is 286 Å². The predicted octanol–water partition coefficient (Wildman–Crippen LogP) is 5.26. The van der Waals surface area contributed by atoms with Crippen molar-refractivity contribution in [3.05, 3.63) is 149 Å². The SMILES string of the molecule is CN1CC[C@H](C(C(N)=O)(c2ccccc2)c2ccccc2)C1.NC(=O)C(c1ccccc1)(c1ccccc1)[C@@H]1CC[N-]C1.[Y]. The summed E-state index contributed by atoms with van der Waals surface area (Å²) in [5.41, 5.74) is 14.3. The summed E-state index contributed by atoms with van der Waals surface area (Å²) >= 11 is 0. The van der Waals surface area contributed by atoms with Crippen LogP contribution in [0.3, 0.4) is 0 Å². The maximum absolute atomic E-state index is 12.7. The first-order valence-electron chi connectivity index (χ1n) is 15.1. The molecule has 44 heavy (non-hydrogen) atoms. The second-order valence-corrected chi connectivity index (χ2v) is 11.7. The Balaban J connectivity index is 0.000000197. The van der Waals surface area contributed by atoms with Crippen molar-refractivity contribution in [3.8, 4) is 0 Å². The molecule has 2 fully saturated rings. The third-order valence-electron chi connectivity index (χ3n) is 9.30. The van der Waals surface area contributed by atoms with Gasteiger partial charge in [-0.15, -0.1) is 13.1 Å². The third kappa shape index (κ3) is 6.45. The minimum Gasteiger partial charge on any atom is -0.662 e. The summed E-state index contributed by atoms with van der Waals surface area (Å²) in [6.45, 7) is 3.37. The second kappa shape index (κ2) is 15.2. The number of nitrogens with two attached hydrogens (primary N) is 2. The van der Waals surface area contributed by atoms with E-state index in [-0.39, 0.29) is 56.4 Å². The van der Waals surface area contributed by atoms with Crippen LogP contribution in [0.4, 0.5) is 0 Å². The molecule has 4 aromatic rings. The molecule has 6 nitrogen and oxygen atoms in total. The molecule has 225 valence electrons. The Morgan fingerprint density at radius 1 is 0.636 bits per heavy atom. The van der Waals surface area contributed by atoms with Crippen LogP contribution in [0.2, 0.25) is 0 Å². The molecule has 2 heterocycles. The Morgan fingerprint density at radius 2 is 1.00 bits per heavy atom. The number of nitrogens with zero attached hydrogens (tertiary/aromatic N) is 2. The maximum Gasteiger partial charge on any atom is 0.232 e. The molecule has 0 aromatic heterocycles. The van der Waals surface area contributed by atoms with Crippen LogP contribution in [-0.2, 0) is 53.1 Å². The first kappa shape index (κ1) is 33.7. The van der Waals surface area contributed by atoms with E-state index in [2.05, 4.69) is 17.3 Å². The number of amides is 2. The zero-order chi connectivity index (χ0) is 30.3. The zero-order valence-electron chi connectivity index (χ0n) is 25.4. The maximum atomic E-state index is 12.7. The van der Waals surface area contributed by atoms with Gasteiger partial charge in [0.25, 0.3) is 0 Å². The van der Waals surface area contributed by atoms with Gasteiger partial charge >= 0.3 is 0 Å². The van der Waals surface area contributed by atoms with Gasteiger partial charge < -0.3 is 21.7 Å². The van der Waals surface area contributed by atoms with Crippen molar-refractivity contribution in [1.82, 2.24) is 4.90 Å². The van der Waals surface area contributed by atoms with E-state index in [9.17, 15) is 9.59 Å². The molecule has 2 atom stereocenters. The molecule has 6 rings (SSSR count). The number of hydrogen-bond donors (Lipinski definition) is 2. The van der Waals surface area contributed by atoms with Gasteiger partial charge in [0.05, 0.1) is 5.41 Å². The van der Waals surface area contributed by atoms with Crippen molar-refractivity contribution in [1.29, 1.82) is 0 Å². The minimum absolute atomic E-state index is 0. The van der Waals surface area contributed by atoms with Crippen molar-refractivity contribution in [3.63, 3.8) is 0 Å². The minimum atomic E-state index is -0.789. The largest absolute Gasteiger partial charge is 0.662 e. The molecule has 0 saturated carbocycles. The Morgan fingerprint density at radius 3 is 1.27 bits per heavy atom. The summed E-state index contributed by atoms with van der Waals surface area (Å²) in [6, 6.07) is 39.7. The molecule has 2 amide bonds. The fourth-order valence-electron chi connectivity index (χ4n) is 7.28. The molecule has 1 radical (unpaired) electrons. The molecule has 0 spiro atoms. The quantitative estimate of drug-likeness (QED) is 0.269. The van der Waals surface area contributed by atoms with Crippen LogP contribution in [0.25, 0.3) is 5.32 Å². The summed E-state index contributed by atoms with van der Waals surface area (Å²) in [5, 5.41) is 4.46. The summed E-state index contributed by atoms with van der Waals surface area (Å²) < 4.78 is 0. The molecule has 2 aliphatic rings. The van der Waals surface area contributed by atoms with E-state index in [1.807, 2.05) is 121 Å². The van der Waals surface area contributed by atoms with Gasteiger partial charge in [-0.2, -0.15) is 0 Å². The van der Waals surface area contributed by atoms with E-state index >= 15 is 0 Å². The van der Waals surface area contributed by atoms with Crippen LogP contribution in [0.15, 0.2) is 121 Å². The Hall–Kier alpha value is -3.16. The molecule has 4 aromatic carbocycles. The smallest absolute Gasteiger partial charge is 0.232 e. The Bertz CT molecular complexity index is 1400. The fraction of sp³-hybridized carbons (Fsp3) is 0.297. The molecule has 7 heteroatoms. The van der Waals surface area contributed by atoms with Crippen molar-refractivity contribution >= 4 is 11.8 Å².